The third-order valence-electron chi connectivity index (χ3n) is 4.29. The molecule has 0 fully saturated rings. The maximum Gasteiger partial charge on any atom is 0.230 e. The molecule has 0 radical (unpaired) electrons. The van der Waals surface area contributed by atoms with Crippen LogP contribution < -0.4 is 14.8 Å². The van der Waals surface area contributed by atoms with Gasteiger partial charge in [-0.2, -0.15) is 4.98 Å². The summed E-state index contributed by atoms with van der Waals surface area (Å²) >= 11 is 0. The highest BCUT2D eigenvalue weighted by Gasteiger charge is 2.11. The van der Waals surface area contributed by atoms with E-state index in [1.807, 2.05) is 36.4 Å². The Bertz CT molecular complexity index is 1020. The van der Waals surface area contributed by atoms with Gasteiger partial charge in [0.2, 0.25) is 11.8 Å². The molecule has 0 aliphatic heterocycles. The van der Waals surface area contributed by atoms with Crippen LogP contribution in [0.4, 0.5) is 11.6 Å². The number of anilines is 2. The Morgan fingerprint density at radius 1 is 1.11 bits per heavy atom. The van der Waals surface area contributed by atoms with E-state index >= 15 is 0 Å². The summed E-state index contributed by atoms with van der Waals surface area (Å²) in [4.78, 5) is 8.67. The number of hydrogen-bond donors (Lipinski definition) is 2. The highest BCUT2D eigenvalue weighted by atomic mass is 16.5. The number of nitrogens with one attached hydrogen (secondary N) is 1. The zero-order valence-electron chi connectivity index (χ0n) is 15.6. The van der Waals surface area contributed by atoms with Gasteiger partial charge in [0.15, 0.2) is 0 Å². The SMILES string of the molecule is CC1=Cc2cc(Oc3ccnc(Nc4cccc(OCCO)c4)n3)ccc2C1. The van der Waals surface area contributed by atoms with Crippen molar-refractivity contribution in [3.05, 3.63) is 71.4 Å². The summed E-state index contributed by atoms with van der Waals surface area (Å²) in [6.07, 6.45) is 4.83. The van der Waals surface area contributed by atoms with Gasteiger partial charge in [0, 0.05) is 24.0 Å². The maximum atomic E-state index is 8.87. The second-order valence-electron chi connectivity index (χ2n) is 6.57. The zero-order chi connectivity index (χ0) is 19.3. The minimum absolute atomic E-state index is 0.0296. The zero-order valence-corrected chi connectivity index (χ0v) is 15.6. The summed E-state index contributed by atoms with van der Waals surface area (Å²) in [5, 5.41) is 12.0. The van der Waals surface area contributed by atoms with Crippen molar-refractivity contribution < 1.29 is 14.6 Å². The number of fused-ring (bicyclic) bond motifs is 1. The van der Waals surface area contributed by atoms with Crippen LogP contribution in [-0.2, 0) is 6.42 Å². The molecule has 142 valence electrons. The number of nitrogens with zero attached hydrogens (tertiary/aromatic N) is 2. The predicted octanol–water partition coefficient (Wildman–Crippen LogP) is 4.34. The second-order valence-corrected chi connectivity index (χ2v) is 6.57. The van der Waals surface area contributed by atoms with Crippen LogP contribution in [0.25, 0.3) is 6.08 Å². The minimum atomic E-state index is -0.0296. The van der Waals surface area contributed by atoms with Gasteiger partial charge in [-0.05, 0) is 48.7 Å². The highest BCUT2D eigenvalue weighted by Crippen LogP contribution is 2.30. The summed E-state index contributed by atoms with van der Waals surface area (Å²) in [7, 11) is 0. The number of benzene rings is 2. The van der Waals surface area contributed by atoms with Crippen molar-refractivity contribution in [2.45, 2.75) is 13.3 Å². The van der Waals surface area contributed by atoms with E-state index in [0.29, 0.717) is 17.6 Å². The van der Waals surface area contributed by atoms with Crippen molar-refractivity contribution in [2.75, 3.05) is 18.5 Å². The van der Waals surface area contributed by atoms with E-state index < -0.39 is 0 Å². The lowest BCUT2D eigenvalue weighted by atomic mass is 10.1. The van der Waals surface area contributed by atoms with Crippen molar-refractivity contribution in [1.29, 1.82) is 0 Å². The molecule has 1 aliphatic rings. The first-order chi connectivity index (χ1) is 13.7. The van der Waals surface area contributed by atoms with Crippen LogP contribution in [0.15, 0.2) is 60.3 Å². The standard InChI is InChI=1S/C22H21N3O3/c1-15-11-16-5-6-20(13-17(16)12-15)28-21-7-8-23-22(25-21)24-18-3-2-4-19(14-18)27-10-9-26/h2-8,12-14,26H,9-11H2,1H3,(H,23,24,25). The van der Waals surface area contributed by atoms with E-state index in [0.717, 1.165) is 17.9 Å². The van der Waals surface area contributed by atoms with Crippen molar-refractivity contribution in [2.24, 2.45) is 0 Å². The largest absolute Gasteiger partial charge is 0.491 e. The Balaban J connectivity index is 1.47. The van der Waals surface area contributed by atoms with Gasteiger partial charge in [0.25, 0.3) is 0 Å². The number of allylic oxidation sites excluding steroid dienone is 1. The monoisotopic (exact) mass is 375 g/mol. The van der Waals surface area contributed by atoms with Crippen LogP contribution in [0.2, 0.25) is 0 Å². The molecule has 6 nitrogen and oxygen atoms in total. The molecule has 0 spiro atoms. The van der Waals surface area contributed by atoms with Crippen LogP contribution in [0, 0.1) is 0 Å². The predicted molar refractivity (Wildman–Crippen MR) is 108 cm³/mol. The molecular formula is C22H21N3O3. The van der Waals surface area contributed by atoms with Gasteiger partial charge in [-0.3, -0.25) is 0 Å². The molecule has 28 heavy (non-hydrogen) atoms. The third kappa shape index (κ3) is 4.29. The Hall–Kier alpha value is -3.38. The molecule has 0 unspecified atom stereocenters. The molecule has 6 heteroatoms. The summed E-state index contributed by atoms with van der Waals surface area (Å²) in [5.74, 6) is 2.29. The lowest BCUT2D eigenvalue weighted by Gasteiger charge is -2.10. The minimum Gasteiger partial charge on any atom is -0.491 e. The summed E-state index contributed by atoms with van der Waals surface area (Å²) in [6.45, 7) is 2.35. The molecule has 2 N–H and O–H groups in total. The third-order valence-corrected chi connectivity index (χ3v) is 4.29. The Labute approximate surface area is 163 Å². The first-order valence-electron chi connectivity index (χ1n) is 9.11. The van der Waals surface area contributed by atoms with Gasteiger partial charge >= 0.3 is 0 Å². The van der Waals surface area contributed by atoms with Gasteiger partial charge in [0.1, 0.15) is 18.1 Å². The van der Waals surface area contributed by atoms with Crippen LogP contribution in [0.1, 0.15) is 18.1 Å². The van der Waals surface area contributed by atoms with Crippen molar-refractivity contribution in [3.8, 4) is 17.4 Å². The normalized spacial score (nSPS) is 12.3. The summed E-state index contributed by atoms with van der Waals surface area (Å²) in [6, 6.07) is 15.2. The number of aromatic nitrogens is 2. The molecule has 0 saturated carbocycles. The fourth-order valence-electron chi connectivity index (χ4n) is 3.08. The van der Waals surface area contributed by atoms with E-state index in [4.69, 9.17) is 14.6 Å². The maximum absolute atomic E-state index is 8.87. The lowest BCUT2D eigenvalue weighted by Crippen LogP contribution is -2.02. The average Bonchev–Trinajstić information content (AvgIpc) is 3.06. The van der Waals surface area contributed by atoms with Gasteiger partial charge < -0.3 is 19.9 Å². The smallest absolute Gasteiger partial charge is 0.230 e. The molecule has 1 heterocycles. The number of aliphatic hydroxyl groups is 1. The van der Waals surface area contributed by atoms with Crippen molar-refractivity contribution >= 4 is 17.7 Å². The van der Waals surface area contributed by atoms with E-state index in [-0.39, 0.29) is 13.2 Å². The average molecular weight is 375 g/mol. The van der Waals surface area contributed by atoms with Gasteiger partial charge in [-0.25, -0.2) is 4.98 Å². The number of rotatable bonds is 7. The molecule has 3 aromatic rings. The summed E-state index contributed by atoms with van der Waals surface area (Å²) in [5.41, 5.74) is 4.65. The molecule has 2 aromatic carbocycles. The lowest BCUT2D eigenvalue weighted by molar-refractivity contribution is 0.201. The van der Waals surface area contributed by atoms with Gasteiger partial charge in [-0.15, -0.1) is 0 Å². The molecule has 1 aromatic heterocycles. The van der Waals surface area contributed by atoms with E-state index in [1.165, 1.54) is 16.7 Å². The second kappa shape index (κ2) is 8.10. The number of hydrogen-bond acceptors (Lipinski definition) is 6. The van der Waals surface area contributed by atoms with Crippen molar-refractivity contribution in [1.82, 2.24) is 9.97 Å². The van der Waals surface area contributed by atoms with Gasteiger partial charge in [-0.1, -0.05) is 23.8 Å². The summed E-state index contributed by atoms with van der Waals surface area (Å²) < 4.78 is 11.3. The first-order valence-corrected chi connectivity index (χ1v) is 9.11. The molecule has 1 aliphatic carbocycles. The highest BCUT2D eigenvalue weighted by molar-refractivity contribution is 5.65. The van der Waals surface area contributed by atoms with Gasteiger partial charge in [0.05, 0.1) is 6.61 Å². The number of ether oxygens (including phenoxy) is 2. The topological polar surface area (TPSA) is 76.5 Å². The molecule has 0 bridgehead atoms. The van der Waals surface area contributed by atoms with E-state index in [1.54, 1.807) is 12.3 Å². The fraction of sp³-hybridized carbons (Fsp3) is 0.182. The Morgan fingerprint density at radius 2 is 2.04 bits per heavy atom. The quantitative estimate of drug-likeness (QED) is 0.640. The Kier molecular flexibility index (Phi) is 5.21. The fourth-order valence-corrected chi connectivity index (χ4v) is 3.08. The number of aliphatic hydroxyl groups excluding tert-OH is 1. The van der Waals surface area contributed by atoms with Crippen LogP contribution in [0.5, 0.6) is 17.4 Å². The molecular weight excluding hydrogens is 354 g/mol. The Morgan fingerprint density at radius 3 is 2.93 bits per heavy atom. The van der Waals surface area contributed by atoms with Crippen LogP contribution in [-0.4, -0.2) is 28.3 Å². The van der Waals surface area contributed by atoms with E-state index in [2.05, 4.69) is 34.4 Å². The first kappa shape index (κ1) is 18.0. The van der Waals surface area contributed by atoms with Crippen LogP contribution in [0.3, 0.4) is 0 Å². The van der Waals surface area contributed by atoms with Crippen LogP contribution >= 0.6 is 0 Å². The molecule has 0 atom stereocenters. The molecule has 0 saturated heterocycles. The van der Waals surface area contributed by atoms with Crippen molar-refractivity contribution in [3.63, 3.8) is 0 Å². The molecule has 0 amide bonds. The molecule has 4 rings (SSSR count). The van der Waals surface area contributed by atoms with E-state index in [9.17, 15) is 0 Å².